The molecule has 3 heterocycles. The van der Waals surface area contributed by atoms with Crippen LogP contribution in [0.25, 0.3) is 0 Å². The molecule has 51 heavy (non-hydrogen) atoms. The molecule has 2 aliphatic heterocycles. The average Bonchev–Trinajstić information content (AvgIpc) is 3.19. The van der Waals surface area contributed by atoms with E-state index in [2.05, 4.69) is 30.4 Å². The summed E-state index contributed by atoms with van der Waals surface area (Å²) in [5, 5.41) is 15.4. The molecule has 0 bridgehead atoms. The Morgan fingerprint density at radius 1 is 0.765 bits per heavy atom. The van der Waals surface area contributed by atoms with Crippen molar-refractivity contribution in [2.45, 2.75) is 38.1 Å². The summed E-state index contributed by atoms with van der Waals surface area (Å²) in [7, 11) is 0. The van der Waals surface area contributed by atoms with E-state index < -0.39 is 6.29 Å². The molecule has 3 N–H and O–H groups in total. The zero-order chi connectivity index (χ0) is 34.8. The lowest BCUT2D eigenvalue weighted by Gasteiger charge is -2.40. The third kappa shape index (κ3) is 9.27. The maximum atomic E-state index is 12.7. The number of carbonyl (C=O) groups is 1. The predicted molar refractivity (Wildman–Crippen MR) is 194 cm³/mol. The smallest absolute Gasteiger partial charge is 0.319 e. The topological polar surface area (TPSA) is 121 Å². The second-order valence-electron chi connectivity index (χ2n) is 12.7. The van der Waals surface area contributed by atoms with E-state index in [0.717, 1.165) is 73.1 Å². The Labute approximate surface area is 297 Å². The zero-order valence-electron chi connectivity index (χ0n) is 28.3. The van der Waals surface area contributed by atoms with Crippen molar-refractivity contribution >= 4 is 17.7 Å². The van der Waals surface area contributed by atoms with Crippen molar-refractivity contribution in [3.8, 4) is 11.5 Å². The molecule has 2 amide bonds. The van der Waals surface area contributed by atoms with Crippen LogP contribution in [0.4, 0.5) is 16.4 Å². The molecule has 0 radical (unpaired) electrons. The molecule has 2 saturated heterocycles. The lowest BCUT2D eigenvalue weighted by Crippen LogP contribution is -2.50. The van der Waals surface area contributed by atoms with Crippen LogP contribution in [0.3, 0.4) is 0 Å². The van der Waals surface area contributed by atoms with E-state index >= 15 is 0 Å². The summed E-state index contributed by atoms with van der Waals surface area (Å²) >= 11 is 0. The summed E-state index contributed by atoms with van der Waals surface area (Å²) in [5.41, 5.74) is 4.44. The number of aliphatic hydroxyl groups excluding tert-OH is 1. The first-order chi connectivity index (χ1) is 25.1. The van der Waals surface area contributed by atoms with Gasteiger partial charge in [-0.2, -0.15) is 0 Å². The standard InChI is InChI=1S/C40H42N6O5/c47-28-30-9-11-31(12-10-30)37-25-36(27-45-21-23-46(24-22-45)39-41-19-4-20-42-39)50-38(51-37)32-13-7-29(8-14-32)26-43-40(48)44-33-15-17-35(18-16-33)49-34-5-2-1-3-6-34/h1-20,36-38,47H,21-28H2,(H2,43,44,48)/t36-,37+,38+/m0/s1. The van der Waals surface area contributed by atoms with Crippen LogP contribution >= 0.6 is 0 Å². The fourth-order valence-corrected chi connectivity index (χ4v) is 6.29. The average molecular weight is 687 g/mol. The van der Waals surface area contributed by atoms with Crippen LogP contribution in [0.2, 0.25) is 0 Å². The molecule has 0 saturated carbocycles. The van der Waals surface area contributed by atoms with E-state index in [1.165, 1.54) is 0 Å². The van der Waals surface area contributed by atoms with E-state index in [1.54, 1.807) is 24.5 Å². The maximum absolute atomic E-state index is 12.7. The molecule has 262 valence electrons. The fourth-order valence-electron chi connectivity index (χ4n) is 6.29. The molecule has 0 unspecified atom stereocenters. The van der Waals surface area contributed by atoms with Gasteiger partial charge in [0.25, 0.3) is 0 Å². The molecule has 5 aromatic rings. The van der Waals surface area contributed by atoms with Crippen LogP contribution in [0.1, 0.15) is 41.1 Å². The molecule has 2 fully saturated rings. The van der Waals surface area contributed by atoms with Crippen molar-refractivity contribution in [1.82, 2.24) is 20.2 Å². The minimum Gasteiger partial charge on any atom is -0.457 e. The van der Waals surface area contributed by atoms with Gasteiger partial charge in [-0.25, -0.2) is 14.8 Å². The van der Waals surface area contributed by atoms with Crippen molar-refractivity contribution in [3.05, 3.63) is 144 Å². The van der Waals surface area contributed by atoms with Crippen molar-refractivity contribution in [3.63, 3.8) is 0 Å². The number of piperazine rings is 1. The highest BCUT2D eigenvalue weighted by Gasteiger charge is 2.34. The number of rotatable bonds is 11. The third-order valence-corrected chi connectivity index (χ3v) is 9.08. The van der Waals surface area contributed by atoms with Crippen LogP contribution < -0.4 is 20.3 Å². The number of urea groups is 1. The van der Waals surface area contributed by atoms with Crippen molar-refractivity contribution in [2.24, 2.45) is 0 Å². The van der Waals surface area contributed by atoms with E-state index in [9.17, 15) is 9.90 Å². The monoisotopic (exact) mass is 686 g/mol. The minimum atomic E-state index is -0.551. The third-order valence-electron chi connectivity index (χ3n) is 9.08. The normalized spacial score (nSPS) is 19.3. The Morgan fingerprint density at radius 3 is 2.14 bits per heavy atom. The number of hydrogen-bond donors (Lipinski definition) is 3. The highest BCUT2D eigenvalue weighted by atomic mass is 16.7. The molecule has 0 aliphatic carbocycles. The predicted octanol–water partition coefficient (Wildman–Crippen LogP) is 6.45. The summed E-state index contributed by atoms with van der Waals surface area (Å²) in [5.74, 6) is 2.21. The van der Waals surface area contributed by atoms with Crippen LogP contribution in [0.15, 0.2) is 122 Å². The number of nitrogens with one attached hydrogen (secondary N) is 2. The molecule has 1 aromatic heterocycles. The number of para-hydroxylation sites is 1. The Kier molecular flexibility index (Phi) is 11.1. The van der Waals surface area contributed by atoms with Gasteiger partial charge in [0.15, 0.2) is 6.29 Å². The molecule has 2 aliphatic rings. The Bertz CT molecular complexity index is 1820. The number of aliphatic hydroxyl groups is 1. The quantitative estimate of drug-likeness (QED) is 0.144. The largest absolute Gasteiger partial charge is 0.457 e. The molecular formula is C40H42N6O5. The van der Waals surface area contributed by atoms with E-state index in [0.29, 0.717) is 18.0 Å². The Balaban J connectivity index is 0.944. The number of hydrogen-bond acceptors (Lipinski definition) is 9. The SMILES string of the molecule is O=C(NCc1ccc([C@@H]2O[C@H](CN3CCN(c4ncccn4)CC3)C[C@H](c3ccc(CO)cc3)O2)cc1)Nc1ccc(Oc2ccccc2)cc1. The highest BCUT2D eigenvalue weighted by Crippen LogP contribution is 2.38. The lowest BCUT2D eigenvalue weighted by atomic mass is 9.99. The number of nitrogens with zero attached hydrogens (tertiary/aromatic N) is 4. The fraction of sp³-hybridized carbons (Fsp3) is 0.275. The number of aromatic nitrogens is 2. The molecule has 11 heteroatoms. The van der Waals surface area contributed by atoms with Crippen molar-refractivity contribution < 1.29 is 24.1 Å². The molecule has 11 nitrogen and oxygen atoms in total. The molecule has 0 spiro atoms. The number of ether oxygens (including phenoxy) is 3. The number of carbonyl (C=O) groups excluding carboxylic acids is 1. The first-order valence-electron chi connectivity index (χ1n) is 17.3. The summed E-state index contributed by atoms with van der Waals surface area (Å²) in [4.78, 5) is 26.1. The van der Waals surface area contributed by atoms with Crippen LogP contribution in [0, 0.1) is 0 Å². The molecule has 3 atom stereocenters. The van der Waals surface area contributed by atoms with Gasteiger partial charge < -0.3 is 34.9 Å². The van der Waals surface area contributed by atoms with Crippen LogP contribution in [0.5, 0.6) is 11.5 Å². The van der Waals surface area contributed by atoms with Gasteiger partial charge in [-0.05, 0) is 59.2 Å². The van der Waals surface area contributed by atoms with Gasteiger partial charge in [0.2, 0.25) is 5.95 Å². The first kappa shape index (κ1) is 34.1. The highest BCUT2D eigenvalue weighted by molar-refractivity contribution is 5.89. The minimum absolute atomic E-state index is 0.000738. The summed E-state index contributed by atoms with van der Waals surface area (Å²) < 4.78 is 19.0. The van der Waals surface area contributed by atoms with Crippen molar-refractivity contribution in [2.75, 3.05) is 42.9 Å². The summed E-state index contributed by atoms with van der Waals surface area (Å²) in [6.07, 6.45) is 3.52. The van der Waals surface area contributed by atoms with Crippen LogP contribution in [-0.4, -0.2) is 64.8 Å². The summed E-state index contributed by atoms with van der Waals surface area (Å²) in [6.45, 7) is 4.63. The lowest BCUT2D eigenvalue weighted by molar-refractivity contribution is -0.253. The first-order valence-corrected chi connectivity index (χ1v) is 17.3. The van der Waals surface area contributed by atoms with E-state index in [1.807, 2.05) is 97.1 Å². The second kappa shape index (κ2) is 16.6. The number of benzene rings is 4. The van der Waals surface area contributed by atoms with Gasteiger partial charge in [-0.1, -0.05) is 66.7 Å². The molecular weight excluding hydrogens is 644 g/mol. The number of amides is 2. The van der Waals surface area contributed by atoms with E-state index in [4.69, 9.17) is 14.2 Å². The molecule has 4 aromatic carbocycles. The Hall–Kier alpha value is -5.33. The Morgan fingerprint density at radius 2 is 1.43 bits per heavy atom. The second-order valence-corrected chi connectivity index (χ2v) is 12.7. The van der Waals surface area contributed by atoms with Crippen molar-refractivity contribution in [1.29, 1.82) is 0 Å². The van der Waals surface area contributed by atoms with E-state index in [-0.39, 0.29) is 24.8 Å². The van der Waals surface area contributed by atoms with Gasteiger partial charge in [0.05, 0.1) is 18.8 Å². The van der Waals surface area contributed by atoms with Gasteiger partial charge >= 0.3 is 6.03 Å². The van der Waals surface area contributed by atoms with Gasteiger partial charge in [-0.15, -0.1) is 0 Å². The van der Waals surface area contributed by atoms with Crippen LogP contribution in [-0.2, 0) is 22.6 Å². The molecule has 7 rings (SSSR count). The maximum Gasteiger partial charge on any atom is 0.319 e. The van der Waals surface area contributed by atoms with Gasteiger partial charge in [-0.3, -0.25) is 4.90 Å². The van der Waals surface area contributed by atoms with Gasteiger partial charge in [0.1, 0.15) is 11.5 Å². The summed E-state index contributed by atoms with van der Waals surface area (Å²) in [6, 6.07) is 34.2. The zero-order valence-corrected chi connectivity index (χ0v) is 28.3. The number of anilines is 2. The van der Waals surface area contributed by atoms with Gasteiger partial charge in [0, 0.05) is 69.3 Å².